The number of benzene rings is 2. The zero-order chi connectivity index (χ0) is 15.9. The summed E-state index contributed by atoms with van der Waals surface area (Å²) >= 11 is 0. The fourth-order valence-corrected chi connectivity index (χ4v) is 1.91. The molecule has 0 spiro atoms. The van der Waals surface area contributed by atoms with Crippen molar-refractivity contribution in [2.75, 3.05) is 19.0 Å². The number of carbonyl (C=O) groups is 2. The summed E-state index contributed by atoms with van der Waals surface area (Å²) in [5.41, 5.74) is 2.15. The summed E-state index contributed by atoms with van der Waals surface area (Å²) in [5, 5.41) is 5.30. The number of amides is 2. The number of anilines is 1. The number of hydrogen-bond donors (Lipinski definition) is 2. The first-order valence-corrected chi connectivity index (χ1v) is 6.90. The molecule has 2 aromatic rings. The Labute approximate surface area is 129 Å². The van der Waals surface area contributed by atoms with Gasteiger partial charge in [0.15, 0.2) is 6.61 Å². The third kappa shape index (κ3) is 4.09. The minimum atomic E-state index is -0.214. The predicted octanol–water partition coefficient (Wildman–Crippen LogP) is 2.37. The van der Waals surface area contributed by atoms with Crippen molar-refractivity contribution in [3.63, 3.8) is 0 Å². The molecule has 0 saturated heterocycles. The fourth-order valence-electron chi connectivity index (χ4n) is 1.91. The van der Waals surface area contributed by atoms with E-state index in [1.807, 2.05) is 25.1 Å². The van der Waals surface area contributed by atoms with Gasteiger partial charge in [-0.25, -0.2) is 0 Å². The van der Waals surface area contributed by atoms with E-state index in [1.54, 1.807) is 37.4 Å². The standard InChI is InChI=1S/C17H18N2O3/c1-12-6-3-4-9-15(12)17(21)19-13-7-5-8-14(10-13)22-11-16(20)18-2/h3-10H,11H2,1-2H3,(H,18,20)(H,19,21). The van der Waals surface area contributed by atoms with E-state index in [0.717, 1.165) is 5.56 Å². The smallest absolute Gasteiger partial charge is 0.257 e. The van der Waals surface area contributed by atoms with Gasteiger partial charge < -0.3 is 15.4 Å². The molecule has 2 amide bonds. The van der Waals surface area contributed by atoms with Gasteiger partial charge in [-0.2, -0.15) is 0 Å². The summed E-state index contributed by atoms with van der Waals surface area (Å²) in [4.78, 5) is 23.4. The van der Waals surface area contributed by atoms with Crippen LogP contribution >= 0.6 is 0 Å². The molecule has 0 radical (unpaired) electrons. The van der Waals surface area contributed by atoms with E-state index < -0.39 is 0 Å². The van der Waals surface area contributed by atoms with Crippen molar-refractivity contribution in [2.24, 2.45) is 0 Å². The summed E-state index contributed by atoms with van der Waals surface area (Å²) in [5.74, 6) is 0.127. The first kappa shape index (κ1) is 15.6. The Balaban J connectivity index is 2.05. The van der Waals surface area contributed by atoms with Gasteiger partial charge in [-0.15, -0.1) is 0 Å². The normalized spacial score (nSPS) is 9.91. The maximum Gasteiger partial charge on any atom is 0.257 e. The van der Waals surface area contributed by atoms with E-state index in [2.05, 4.69) is 10.6 Å². The molecule has 2 rings (SSSR count). The molecule has 2 aromatic carbocycles. The number of nitrogens with one attached hydrogen (secondary N) is 2. The second kappa shape index (κ2) is 7.26. The third-order valence-corrected chi connectivity index (χ3v) is 3.13. The van der Waals surface area contributed by atoms with Crippen LogP contribution in [0.3, 0.4) is 0 Å². The highest BCUT2D eigenvalue weighted by Crippen LogP contribution is 2.18. The molecule has 5 nitrogen and oxygen atoms in total. The Kier molecular flexibility index (Phi) is 5.14. The second-order valence-corrected chi connectivity index (χ2v) is 4.76. The van der Waals surface area contributed by atoms with Gasteiger partial charge in [0, 0.05) is 24.4 Å². The van der Waals surface area contributed by atoms with Crippen molar-refractivity contribution < 1.29 is 14.3 Å². The van der Waals surface area contributed by atoms with Crippen LogP contribution in [0, 0.1) is 6.92 Å². The van der Waals surface area contributed by atoms with Gasteiger partial charge in [0.2, 0.25) is 0 Å². The van der Waals surface area contributed by atoms with Crippen molar-refractivity contribution >= 4 is 17.5 Å². The van der Waals surface area contributed by atoms with Crippen LogP contribution in [-0.4, -0.2) is 25.5 Å². The topological polar surface area (TPSA) is 67.4 Å². The van der Waals surface area contributed by atoms with Crippen LogP contribution in [0.25, 0.3) is 0 Å². The maximum absolute atomic E-state index is 12.2. The van der Waals surface area contributed by atoms with Crippen LogP contribution in [-0.2, 0) is 4.79 Å². The Morgan fingerprint density at radius 1 is 1.09 bits per heavy atom. The van der Waals surface area contributed by atoms with E-state index in [0.29, 0.717) is 17.0 Å². The zero-order valence-electron chi connectivity index (χ0n) is 12.6. The molecule has 0 heterocycles. The third-order valence-electron chi connectivity index (χ3n) is 3.13. The van der Waals surface area contributed by atoms with E-state index in [4.69, 9.17) is 4.74 Å². The molecule has 0 unspecified atom stereocenters. The first-order chi connectivity index (χ1) is 10.6. The summed E-state index contributed by atoms with van der Waals surface area (Å²) < 4.78 is 5.35. The molecule has 0 saturated carbocycles. The van der Waals surface area contributed by atoms with Crippen LogP contribution in [0.15, 0.2) is 48.5 Å². The number of rotatable bonds is 5. The van der Waals surface area contributed by atoms with E-state index in [9.17, 15) is 9.59 Å². The maximum atomic E-state index is 12.2. The number of hydrogen-bond acceptors (Lipinski definition) is 3. The average molecular weight is 298 g/mol. The lowest BCUT2D eigenvalue weighted by atomic mass is 10.1. The van der Waals surface area contributed by atoms with Crippen LogP contribution in [0.2, 0.25) is 0 Å². The molecule has 0 aromatic heterocycles. The molecule has 0 fully saturated rings. The van der Waals surface area contributed by atoms with Crippen LogP contribution in [0.5, 0.6) is 5.75 Å². The highest BCUT2D eigenvalue weighted by molar-refractivity contribution is 6.05. The molecular formula is C17H18N2O3. The van der Waals surface area contributed by atoms with E-state index in [-0.39, 0.29) is 18.4 Å². The Morgan fingerprint density at radius 2 is 1.86 bits per heavy atom. The number of aryl methyl sites for hydroxylation is 1. The largest absolute Gasteiger partial charge is 0.484 e. The van der Waals surface area contributed by atoms with Crippen LogP contribution < -0.4 is 15.4 Å². The lowest BCUT2D eigenvalue weighted by molar-refractivity contribution is -0.122. The van der Waals surface area contributed by atoms with Crippen molar-refractivity contribution in [3.05, 3.63) is 59.7 Å². The van der Waals surface area contributed by atoms with Gasteiger partial charge >= 0.3 is 0 Å². The van der Waals surface area contributed by atoms with Crippen LogP contribution in [0.1, 0.15) is 15.9 Å². The minimum absolute atomic E-state index is 0.0638. The summed E-state index contributed by atoms with van der Waals surface area (Å²) in [6.45, 7) is 1.82. The molecule has 22 heavy (non-hydrogen) atoms. The molecule has 0 atom stereocenters. The fraction of sp³-hybridized carbons (Fsp3) is 0.176. The summed E-state index contributed by atoms with van der Waals surface area (Å²) in [6, 6.07) is 14.3. The Bertz CT molecular complexity index is 683. The second-order valence-electron chi connectivity index (χ2n) is 4.76. The quantitative estimate of drug-likeness (QED) is 0.890. The molecule has 0 aliphatic rings. The lowest BCUT2D eigenvalue weighted by Gasteiger charge is -2.10. The van der Waals surface area contributed by atoms with Crippen LogP contribution in [0.4, 0.5) is 5.69 Å². The van der Waals surface area contributed by atoms with Crippen molar-refractivity contribution in [2.45, 2.75) is 6.92 Å². The highest BCUT2D eigenvalue weighted by Gasteiger charge is 2.09. The number of likely N-dealkylation sites (N-methyl/N-ethyl adjacent to an activating group) is 1. The highest BCUT2D eigenvalue weighted by atomic mass is 16.5. The van der Waals surface area contributed by atoms with E-state index >= 15 is 0 Å². The van der Waals surface area contributed by atoms with Gasteiger partial charge in [-0.1, -0.05) is 24.3 Å². The molecule has 0 aliphatic carbocycles. The predicted molar refractivity (Wildman–Crippen MR) is 85.1 cm³/mol. The molecule has 114 valence electrons. The SMILES string of the molecule is CNC(=O)COc1cccc(NC(=O)c2ccccc2C)c1. The van der Waals surface area contributed by atoms with Gasteiger partial charge in [0.25, 0.3) is 11.8 Å². The van der Waals surface area contributed by atoms with Gasteiger partial charge in [-0.3, -0.25) is 9.59 Å². The summed E-state index contributed by atoms with van der Waals surface area (Å²) in [7, 11) is 1.55. The van der Waals surface area contributed by atoms with Crippen molar-refractivity contribution in [1.29, 1.82) is 0 Å². The molecular weight excluding hydrogens is 280 g/mol. The average Bonchev–Trinajstić information content (AvgIpc) is 2.53. The molecule has 2 N–H and O–H groups in total. The zero-order valence-corrected chi connectivity index (χ0v) is 12.6. The minimum Gasteiger partial charge on any atom is -0.484 e. The van der Waals surface area contributed by atoms with Crippen molar-refractivity contribution in [3.8, 4) is 5.75 Å². The summed E-state index contributed by atoms with van der Waals surface area (Å²) in [6.07, 6.45) is 0. The first-order valence-electron chi connectivity index (χ1n) is 6.90. The van der Waals surface area contributed by atoms with Crippen molar-refractivity contribution in [1.82, 2.24) is 5.32 Å². The molecule has 0 bridgehead atoms. The molecule has 0 aliphatic heterocycles. The van der Waals surface area contributed by atoms with E-state index in [1.165, 1.54) is 0 Å². The monoisotopic (exact) mass is 298 g/mol. The van der Waals surface area contributed by atoms with Gasteiger partial charge in [0.05, 0.1) is 0 Å². The van der Waals surface area contributed by atoms with Gasteiger partial charge in [-0.05, 0) is 30.7 Å². The van der Waals surface area contributed by atoms with Gasteiger partial charge in [0.1, 0.15) is 5.75 Å². The number of carbonyl (C=O) groups excluding carboxylic acids is 2. The molecule has 5 heteroatoms. The Morgan fingerprint density at radius 3 is 2.59 bits per heavy atom. The Hall–Kier alpha value is -2.82. The number of ether oxygens (including phenoxy) is 1. The lowest BCUT2D eigenvalue weighted by Crippen LogP contribution is -2.24.